The van der Waals surface area contributed by atoms with E-state index in [1.807, 2.05) is 65.9 Å². The summed E-state index contributed by atoms with van der Waals surface area (Å²) in [7, 11) is 2.21. The summed E-state index contributed by atoms with van der Waals surface area (Å²) in [5, 5.41) is 20.4. The number of nitrogen functional groups attached to an aromatic ring is 1. The Bertz CT molecular complexity index is 3200. The van der Waals surface area contributed by atoms with Crippen molar-refractivity contribution in [1.29, 1.82) is 5.41 Å². The number of hydrogen-bond donors (Lipinski definition) is 2. The first kappa shape index (κ1) is 31.5. The van der Waals surface area contributed by atoms with Gasteiger partial charge in [-0.2, -0.15) is 0 Å². The first-order valence-electron chi connectivity index (χ1n) is 17.7. The highest BCUT2D eigenvalue weighted by molar-refractivity contribution is 7.27. The second-order valence-corrected chi connectivity index (χ2v) is 15.6. The van der Waals surface area contributed by atoms with E-state index in [4.69, 9.17) is 11.1 Å². The van der Waals surface area contributed by atoms with E-state index in [0.29, 0.717) is 11.4 Å². The Morgan fingerprint density at radius 3 is 1.87 bits per heavy atom. The van der Waals surface area contributed by atoms with Gasteiger partial charge in [0.15, 0.2) is 0 Å². The van der Waals surface area contributed by atoms with Gasteiger partial charge in [0.1, 0.15) is 0 Å². The van der Waals surface area contributed by atoms with Crippen LogP contribution >= 0.6 is 22.7 Å². The molecule has 53 heavy (non-hydrogen) atoms. The Hall–Kier alpha value is -6.27. The summed E-state index contributed by atoms with van der Waals surface area (Å²) in [6.07, 6.45) is 0. The van der Waals surface area contributed by atoms with Crippen molar-refractivity contribution < 1.29 is 0 Å². The van der Waals surface area contributed by atoms with Crippen LogP contribution in [0.5, 0.6) is 0 Å². The van der Waals surface area contributed by atoms with Gasteiger partial charge in [-0.3, -0.25) is 5.41 Å². The van der Waals surface area contributed by atoms with Crippen LogP contribution in [0.4, 0.5) is 5.69 Å². The zero-order valence-electron chi connectivity index (χ0n) is 28.9. The molecule has 0 bridgehead atoms. The van der Waals surface area contributed by atoms with Crippen molar-refractivity contribution in [3.8, 4) is 11.1 Å². The summed E-state index contributed by atoms with van der Waals surface area (Å²) in [4.78, 5) is 0.837. The zero-order valence-corrected chi connectivity index (χ0v) is 30.6. The third kappa shape index (κ3) is 4.96. The van der Waals surface area contributed by atoms with E-state index in [-0.39, 0.29) is 0 Å². The van der Waals surface area contributed by atoms with Crippen LogP contribution in [-0.4, -0.2) is 10.3 Å². The van der Waals surface area contributed by atoms with E-state index in [1.54, 1.807) is 11.3 Å². The largest absolute Gasteiger partial charge is 0.397 e. The summed E-state index contributed by atoms with van der Waals surface area (Å²) in [6.45, 7) is 0. The van der Waals surface area contributed by atoms with Gasteiger partial charge in [0.2, 0.25) is 0 Å². The van der Waals surface area contributed by atoms with Crippen LogP contribution in [0, 0.1) is 5.41 Å². The second-order valence-electron chi connectivity index (χ2n) is 13.5. The number of fused-ring (bicyclic) bond motifs is 13. The number of thiophene rings is 2. The number of nitrogens with zero attached hydrogens (tertiary/aromatic N) is 1. The van der Waals surface area contributed by atoms with E-state index in [0.717, 1.165) is 26.1 Å². The van der Waals surface area contributed by atoms with E-state index >= 15 is 0 Å². The highest BCUT2D eigenvalue weighted by Gasteiger charge is 2.21. The lowest BCUT2D eigenvalue weighted by atomic mass is 9.94. The van der Waals surface area contributed by atoms with Crippen LogP contribution < -0.4 is 5.73 Å². The van der Waals surface area contributed by atoms with Crippen LogP contribution in [0.1, 0.15) is 10.4 Å². The van der Waals surface area contributed by atoms with Gasteiger partial charge < -0.3 is 10.3 Å². The zero-order chi connectivity index (χ0) is 35.6. The monoisotopic (exact) mass is 715 g/mol. The number of nitrogens with two attached hydrogens (primary N) is 1. The van der Waals surface area contributed by atoms with Crippen molar-refractivity contribution in [2.24, 2.45) is 7.05 Å². The van der Waals surface area contributed by atoms with Gasteiger partial charge in [-0.25, -0.2) is 0 Å². The molecule has 11 aromatic rings. The molecule has 0 saturated heterocycles. The maximum absolute atomic E-state index is 8.55. The molecule has 0 amide bonds. The molecular formula is C48H33N3S2. The van der Waals surface area contributed by atoms with E-state index in [9.17, 15) is 0 Å². The number of rotatable bonds is 3. The molecule has 0 aliphatic rings. The lowest BCUT2D eigenvalue weighted by Crippen LogP contribution is -2.02. The predicted octanol–water partition coefficient (Wildman–Crippen LogP) is 13.6. The molecule has 0 unspecified atom stereocenters. The number of aromatic nitrogens is 1. The van der Waals surface area contributed by atoms with E-state index < -0.39 is 0 Å². The van der Waals surface area contributed by atoms with Gasteiger partial charge in [-0.15, -0.1) is 22.7 Å². The highest BCUT2D eigenvalue weighted by atomic mass is 32.1. The molecule has 0 atom stereocenters. The number of aryl methyl sites for hydroxylation is 1. The smallest absolute Gasteiger partial charge is 0.0805 e. The minimum Gasteiger partial charge on any atom is -0.397 e. The summed E-state index contributed by atoms with van der Waals surface area (Å²) in [6, 6.07) is 57.5. The van der Waals surface area contributed by atoms with Crippen LogP contribution in [-0.2, 0) is 7.05 Å². The average molecular weight is 716 g/mol. The van der Waals surface area contributed by atoms with Crippen LogP contribution in [0.15, 0.2) is 164 Å². The molecule has 252 valence electrons. The van der Waals surface area contributed by atoms with Crippen molar-refractivity contribution >= 4 is 108 Å². The van der Waals surface area contributed by atoms with Crippen molar-refractivity contribution in [2.75, 3.05) is 5.73 Å². The third-order valence-corrected chi connectivity index (χ3v) is 12.9. The standard InChI is InChI=1S/C27H17NS.C21H16N2S/c1-28-21-12-6-4-10-18(21)24-20-15-14-16-8-2-3-9-17(16)23(20)25-19-11-5-7-13-22(19)29-27(25)26(24)28;22-19(21-20(23)17-8-4-5-9-18(17)24-21)16-12-10-15(11-13-16)14-6-2-1-3-7-14/h2-15H,1H3;1-13,22H,23H2. The second kappa shape index (κ2) is 12.4. The molecule has 0 saturated carbocycles. The van der Waals surface area contributed by atoms with Crippen molar-refractivity contribution in [3.63, 3.8) is 0 Å². The van der Waals surface area contributed by atoms with E-state index in [1.165, 1.54) is 69.1 Å². The number of para-hydroxylation sites is 1. The number of nitrogens with one attached hydrogen (secondary N) is 1. The maximum atomic E-state index is 8.55. The van der Waals surface area contributed by atoms with Crippen molar-refractivity contribution in [2.45, 2.75) is 0 Å². The fourth-order valence-electron chi connectivity index (χ4n) is 7.98. The minimum atomic E-state index is 0.480. The molecule has 3 aromatic heterocycles. The van der Waals surface area contributed by atoms with Crippen LogP contribution in [0.3, 0.4) is 0 Å². The predicted molar refractivity (Wildman–Crippen MR) is 232 cm³/mol. The molecule has 3 heterocycles. The topological polar surface area (TPSA) is 54.8 Å². The summed E-state index contributed by atoms with van der Waals surface area (Å²) < 4.78 is 6.26. The molecule has 0 aliphatic heterocycles. The fraction of sp³-hybridized carbons (Fsp3) is 0.0208. The Labute approximate surface area is 314 Å². The van der Waals surface area contributed by atoms with Gasteiger partial charge in [0.25, 0.3) is 0 Å². The Balaban J connectivity index is 0.000000135. The SMILES string of the molecule is Cn1c2ccccc2c2c3ccc4ccccc4c3c3c4ccccc4sc3c21.N=C(c1ccc(-c2ccccc2)cc1)c1sc2ccccc2c1N. The molecule has 0 radical (unpaired) electrons. The summed E-state index contributed by atoms with van der Waals surface area (Å²) >= 11 is 3.50. The lowest BCUT2D eigenvalue weighted by molar-refractivity contribution is 1.02. The molecule has 0 aliphatic carbocycles. The van der Waals surface area contributed by atoms with E-state index in [2.05, 4.69) is 121 Å². The molecular weight excluding hydrogens is 683 g/mol. The lowest BCUT2D eigenvalue weighted by Gasteiger charge is -2.09. The fourth-order valence-corrected chi connectivity index (χ4v) is 10.4. The molecule has 0 spiro atoms. The third-order valence-electron chi connectivity index (χ3n) is 10.5. The van der Waals surface area contributed by atoms with Gasteiger partial charge in [0, 0.05) is 54.5 Å². The Kier molecular flexibility index (Phi) is 7.39. The van der Waals surface area contributed by atoms with Crippen LogP contribution in [0.2, 0.25) is 0 Å². The molecule has 5 heteroatoms. The first-order chi connectivity index (χ1) is 26.1. The number of anilines is 1. The van der Waals surface area contributed by atoms with Crippen LogP contribution in [0.25, 0.3) is 84.7 Å². The summed E-state index contributed by atoms with van der Waals surface area (Å²) in [5.41, 5.74) is 13.3. The van der Waals surface area contributed by atoms with Gasteiger partial charge in [0.05, 0.1) is 26.5 Å². The first-order valence-corrected chi connectivity index (χ1v) is 19.3. The molecule has 0 fully saturated rings. The molecule has 3 N–H and O–H groups in total. The molecule has 8 aromatic carbocycles. The van der Waals surface area contributed by atoms with Gasteiger partial charge in [-0.05, 0) is 50.9 Å². The normalized spacial score (nSPS) is 11.6. The van der Waals surface area contributed by atoms with Gasteiger partial charge >= 0.3 is 0 Å². The maximum Gasteiger partial charge on any atom is 0.0805 e. The molecule has 3 nitrogen and oxygen atoms in total. The molecule has 11 rings (SSSR count). The minimum absolute atomic E-state index is 0.480. The van der Waals surface area contributed by atoms with Crippen molar-refractivity contribution in [1.82, 2.24) is 4.57 Å². The Morgan fingerprint density at radius 2 is 1.11 bits per heavy atom. The summed E-state index contributed by atoms with van der Waals surface area (Å²) in [5.74, 6) is 0. The number of benzene rings is 8. The average Bonchev–Trinajstić information content (AvgIpc) is 3.87. The quantitative estimate of drug-likeness (QED) is 0.139. The van der Waals surface area contributed by atoms with Crippen molar-refractivity contribution in [3.05, 3.63) is 174 Å². The number of hydrogen-bond acceptors (Lipinski definition) is 4. The van der Waals surface area contributed by atoms with Gasteiger partial charge in [-0.1, -0.05) is 146 Å². The Morgan fingerprint density at radius 1 is 0.509 bits per heavy atom. The highest BCUT2D eigenvalue weighted by Crippen LogP contribution is 2.48.